The second-order valence-corrected chi connectivity index (χ2v) is 4.71. The van der Waals surface area contributed by atoms with Crippen molar-refractivity contribution >= 4 is 29.2 Å². The van der Waals surface area contributed by atoms with E-state index in [1.807, 2.05) is 0 Å². The van der Waals surface area contributed by atoms with Gasteiger partial charge in [-0.25, -0.2) is 0 Å². The van der Waals surface area contributed by atoms with Gasteiger partial charge in [0.2, 0.25) is 0 Å². The highest BCUT2D eigenvalue weighted by molar-refractivity contribution is 6.36. The largest absolute Gasteiger partial charge is 0.481 e. The fraction of sp³-hybridized carbons (Fsp3) is 0.167. The lowest BCUT2D eigenvalue weighted by Crippen LogP contribution is -2.00. The third kappa shape index (κ3) is 2.66. The van der Waals surface area contributed by atoms with Crippen molar-refractivity contribution in [1.29, 1.82) is 0 Å². The number of rotatable bonds is 3. The summed E-state index contributed by atoms with van der Waals surface area (Å²) in [4.78, 5) is 10.8. The normalized spacial score (nSPS) is 10.6. The van der Waals surface area contributed by atoms with Crippen molar-refractivity contribution in [3.63, 3.8) is 0 Å². The van der Waals surface area contributed by atoms with Crippen molar-refractivity contribution in [3.05, 3.63) is 40.0 Å². The molecule has 0 aliphatic rings. The van der Waals surface area contributed by atoms with Gasteiger partial charge in [0, 0.05) is 29.4 Å². The van der Waals surface area contributed by atoms with Crippen LogP contribution in [0.1, 0.15) is 5.56 Å². The molecule has 94 valence electrons. The van der Waals surface area contributed by atoms with Gasteiger partial charge in [0.05, 0.1) is 17.1 Å². The number of benzene rings is 1. The summed E-state index contributed by atoms with van der Waals surface area (Å²) in [6.07, 6.45) is 1.58. The Hall–Kier alpha value is -1.52. The molecule has 0 aliphatic heterocycles. The van der Waals surface area contributed by atoms with E-state index < -0.39 is 5.97 Å². The van der Waals surface area contributed by atoms with Crippen LogP contribution in [0.25, 0.3) is 11.3 Å². The van der Waals surface area contributed by atoms with Crippen molar-refractivity contribution in [2.24, 2.45) is 7.05 Å². The average molecular weight is 285 g/mol. The van der Waals surface area contributed by atoms with Crippen molar-refractivity contribution in [1.82, 2.24) is 9.78 Å². The van der Waals surface area contributed by atoms with E-state index in [1.54, 1.807) is 36.1 Å². The van der Waals surface area contributed by atoms with E-state index in [1.165, 1.54) is 0 Å². The Morgan fingerprint density at radius 3 is 2.78 bits per heavy atom. The van der Waals surface area contributed by atoms with E-state index in [4.69, 9.17) is 28.3 Å². The van der Waals surface area contributed by atoms with E-state index in [0.717, 1.165) is 0 Å². The molecule has 1 aromatic heterocycles. The van der Waals surface area contributed by atoms with E-state index in [-0.39, 0.29) is 6.42 Å². The molecule has 0 atom stereocenters. The number of carboxylic acid groups (broad SMARTS) is 1. The molecule has 0 saturated carbocycles. The topological polar surface area (TPSA) is 55.1 Å². The van der Waals surface area contributed by atoms with E-state index >= 15 is 0 Å². The Morgan fingerprint density at radius 2 is 2.17 bits per heavy atom. The number of hydrogen-bond donors (Lipinski definition) is 1. The van der Waals surface area contributed by atoms with Crippen LogP contribution < -0.4 is 0 Å². The molecule has 2 aromatic rings. The van der Waals surface area contributed by atoms with E-state index in [9.17, 15) is 4.79 Å². The molecule has 1 aromatic carbocycles. The van der Waals surface area contributed by atoms with Gasteiger partial charge in [0.15, 0.2) is 0 Å². The number of hydrogen-bond acceptors (Lipinski definition) is 2. The summed E-state index contributed by atoms with van der Waals surface area (Å²) in [5.41, 5.74) is 1.87. The van der Waals surface area contributed by atoms with Crippen molar-refractivity contribution in [2.45, 2.75) is 6.42 Å². The summed E-state index contributed by atoms with van der Waals surface area (Å²) in [6, 6.07) is 5.04. The summed E-state index contributed by atoms with van der Waals surface area (Å²) < 4.78 is 1.57. The lowest BCUT2D eigenvalue weighted by molar-refractivity contribution is -0.136. The zero-order valence-corrected chi connectivity index (χ0v) is 11.0. The zero-order chi connectivity index (χ0) is 13.3. The first-order chi connectivity index (χ1) is 8.47. The van der Waals surface area contributed by atoms with Gasteiger partial charge in [-0.05, 0) is 18.2 Å². The Labute approximate surface area is 114 Å². The van der Waals surface area contributed by atoms with Crippen LogP contribution in [-0.4, -0.2) is 20.9 Å². The van der Waals surface area contributed by atoms with Crippen LogP contribution in [0, 0.1) is 0 Å². The molecule has 18 heavy (non-hydrogen) atoms. The van der Waals surface area contributed by atoms with Gasteiger partial charge in [-0.1, -0.05) is 23.2 Å². The first kappa shape index (κ1) is 12.9. The third-order valence-electron chi connectivity index (χ3n) is 2.43. The Morgan fingerprint density at radius 1 is 1.44 bits per heavy atom. The molecule has 0 amide bonds. The van der Waals surface area contributed by atoms with Gasteiger partial charge in [-0.15, -0.1) is 0 Å². The molecule has 0 radical (unpaired) electrons. The second kappa shape index (κ2) is 5.00. The predicted octanol–water partition coefficient (Wildman–Crippen LogP) is 3.02. The fourth-order valence-corrected chi connectivity index (χ4v) is 2.24. The van der Waals surface area contributed by atoms with Gasteiger partial charge < -0.3 is 5.11 Å². The number of aryl methyl sites for hydroxylation is 1. The lowest BCUT2D eigenvalue weighted by Gasteiger charge is -2.03. The van der Waals surface area contributed by atoms with Gasteiger partial charge in [-0.3, -0.25) is 9.48 Å². The Kier molecular flexibility index (Phi) is 3.59. The summed E-state index contributed by atoms with van der Waals surface area (Å²) in [6.45, 7) is 0. The first-order valence-electron chi connectivity index (χ1n) is 5.17. The summed E-state index contributed by atoms with van der Waals surface area (Å²) in [7, 11) is 1.73. The van der Waals surface area contributed by atoms with E-state index in [2.05, 4.69) is 5.10 Å². The van der Waals surface area contributed by atoms with Gasteiger partial charge in [0.1, 0.15) is 0 Å². The highest BCUT2D eigenvalue weighted by atomic mass is 35.5. The Balaban J connectivity index is 2.52. The van der Waals surface area contributed by atoms with Crippen LogP contribution in [0.2, 0.25) is 10.0 Å². The van der Waals surface area contributed by atoms with Crippen molar-refractivity contribution in [3.8, 4) is 11.3 Å². The van der Waals surface area contributed by atoms with Crippen molar-refractivity contribution < 1.29 is 9.90 Å². The first-order valence-corrected chi connectivity index (χ1v) is 5.92. The maximum absolute atomic E-state index is 10.8. The molecule has 4 nitrogen and oxygen atoms in total. The molecule has 1 N–H and O–H groups in total. The number of nitrogens with zero attached hydrogens (tertiary/aromatic N) is 2. The van der Waals surface area contributed by atoms with Gasteiger partial charge in [0.25, 0.3) is 0 Å². The van der Waals surface area contributed by atoms with Crippen LogP contribution in [0.15, 0.2) is 24.4 Å². The minimum Gasteiger partial charge on any atom is -0.481 e. The van der Waals surface area contributed by atoms with E-state index in [0.29, 0.717) is 26.9 Å². The number of carboxylic acids is 1. The molecule has 0 spiro atoms. The molecule has 0 fully saturated rings. The number of carbonyl (C=O) groups is 1. The third-order valence-corrected chi connectivity index (χ3v) is 2.98. The van der Waals surface area contributed by atoms with Gasteiger partial charge >= 0.3 is 5.97 Å². The molecule has 0 saturated heterocycles. The smallest absolute Gasteiger partial charge is 0.307 e. The van der Waals surface area contributed by atoms with Crippen LogP contribution >= 0.6 is 23.2 Å². The monoisotopic (exact) mass is 284 g/mol. The number of aliphatic carboxylic acids is 1. The van der Waals surface area contributed by atoms with Crippen LogP contribution in [0.5, 0.6) is 0 Å². The quantitative estimate of drug-likeness (QED) is 0.943. The maximum Gasteiger partial charge on any atom is 0.307 e. The van der Waals surface area contributed by atoms with Crippen LogP contribution in [-0.2, 0) is 18.3 Å². The van der Waals surface area contributed by atoms with Crippen LogP contribution in [0.3, 0.4) is 0 Å². The highest BCUT2D eigenvalue weighted by Gasteiger charge is 2.15. The molecule has 6 heteroatoms. The average Bonchev–Trinajstić information content (AvgIpc) is 2.58. The summed E-state index contributed by atoms with van der Waals surface area (Å²) in [5.74, 6) is -0.908. The molecule has 0 bridgehead atoms. The fourth-order valence-electron chi connectivity index (χ4n) is 1.74. The SMILES string of the molecule is Cn1cc(CC(=O)O)c(-c2ccc(Cl)cc2Cl)n1. The maximum atomic E-state index is 10.8. The molecule has 2 rings (SSSR count). The molecule has 1 heterocycles. The standard InChI is InChI=1S/C12H10Cl2N2O2/c1-16-6-7(4-11(17)18)12(15-16)9-3-2-8(13)5-10(9)14/h2-3,5-6H,4H2,1H3,(H,17,18). The molecule has 0 aliphatic carbocycles. The minimum absolute atomic E-state index is 0.0951. The number of halogens is 2. The predicted molar refractivity (Wildman–Crippen MR) is 70.0 cm³/mol. The second-order valence-electron chi connectivity index (χ2n) is 3.87. The van der Waals surface area contributed by atoms with Crippen LogP contribution in [0.4, 0.5) is 0 Å². The summed E-state index contributed by atoms with van der Waals surface area (Å²) in [5, 5.41) is 14.1. The van der Waals surface area contributed by atoms with Gasteiger partial charge in [-0.2, -0.15) is 5.10 Å². The number of aromatic nitrogens is 2. The highest BCUT2D eigenvalue weighted by Crippen LogP contribution is 2.31. The minimum atomic E-state index is -0.908. The summed E-state index contributed by atoms with van der Waals surface area (Å²) >= 11 is 11.9. The molecular formula is C12H10Cl2N2O2. The molecule has 0 unspecified atom stereocenters. The Bertz CT molecular complexity index is 608. The zero-order valence-electron chi connectivity index (χ0n) is 9.52. The van der Waals surface area contributed by atoms with Crippen molar-refractivity contribution in [2.75, 3.05) is 0 Å². The molecular weight excluding hydrogens is 275 g/mol. The lowest BCUT2D eigenvalue weighted by atomic mass is 10.1.